The van der Waals surface area contributed by atoms with Crippen LogP contribution in [0.5, 0.6) is 5.75 Å². The number of nitro groups is 1. The molecule has 0 amide bonds. The Bertz CT molecular complexity index is 718. The Labute approximate surface area is 152 Å². The van der Waals surface area contributed by atoms with Gasteiger partial charge in [0.1, 0.15) is 5.75 Å². The first-order chi connectivity index (χ1) is 12.5. The van der Waals surface area contributed by atoms with Crippen molar-refractivity contribution in [3.8, 4) is 5.75 Å². The van der Waals surface area contributed by atoms with Crippen LogP contribution in [-0.4, -0.2) is 30.7 Å². The van der Waals surface area contributed by atoms with Crippen LogP contribution in [0.15, 0.2) is 54.6 Å². The van der Waals surface area contributed by atoms with E-state index in [1.54, 1.807) is 26.2 Å². The van der Waals surface area contributed by atoms with Crippen LogP contribution in [0, 0.1) is 10.1 Å². The van der Waals surface area contributed by atoms with Gasteiger partial charge >= 0.3 is 12.0 Å². The molecule has 2 aromatic carbocycles. The molecule has 0 fully saturated rings. The molecule has 26 heavy (non-hydrogen) atoms. The zero-order chi connectivity index (χ0) is 18.9. The highest BCUT2D eigenvalue weighted by Crippen LogP contribution is 2.26. The van der Waals surface area contributed by atoms with Gasteiger partial charge in [0.05, 0.1) is 26.2 Å². The Balaban J connectivity index is 2.25. The quantitative estimate of drug-likeness (QED) is 0.419. The fourth-order valence-electron chi connectivity index (χ4n) is 2.58. The van der Waals surface area contributed by atoms with E-state index in [1.165, 1.54) is 0 Å². The molecular weight excluding hydrogens is 336 g/mol. The van der Waals surface area contributed by atoms with Crippen molar-refractivity contribution in [3.05, 3.63) is 70.3 Å². The first-order valence-electron chi connectivity index (χ1n) is 8.30. The van der Waals surface area contributed by atoms with Gasteiger partial charge in [0, 0.05) is 10.6 Å². The first kappa shape index (κ1) is 19.2. The lowest BCUT2D eigenvalue weighted by molar-refractivity contribution is -0.511. The third-order valence-corrected chi connectivity index (χ3v) is 3.90. The molecule has 0 radical (unpaired) electrons. The van der Waals surface area contributed by atoms with E-state index in [-0.39, 0.29) is 13.0 Å². The number of carbonyl (C=O) groups is 1. The number of rotatable bonds is 9. The predicted molar refractivity (Wildman–Crippen MR) is 97.8 cm³/mol. The molecule has 0 bridgehead atoms. The van der Waals surface area contributed by atoms with Crippen molar-refractivity contribution in [2.75, 3.05) is 19.0 Å². The maximum absolute atomic E-state index is 12.0. The lowest BCUT2D eigenvalue weighted by Crippen LogP contribution is -2.34. The van der Waals surface area contributed by atoms with Crippen molar-refractivity contribution in [3.63, 3.8) is 0 Å². The summed E-state index contributed by atoms with van der Waals surface area (Å²) in [6, 6.07) is 14.7. The molecule has 0 aliphatic heterocycles. The SMILES string of the molecule is CCOC(=O)C(CC(Nc1ccc(OC)cc1)c1ccccc1)[N+](=O)[O-]. The van der Waals surface area contributed by atoms with Crippen molar-refractivity contribution >= 4 is 11.7 Å². The molecule has 0 saturated carbocycles. The van der Waals surface area contributed by atoms with Gasteiger partial charge in [-0.1, -0.05) is 30.3 Å². The lowest BCUT2D eigenvalue weighted by Gasteiger charge is -2.21. The molecule has 2 unspecified atom stereocenters. The molecule has 0 aliphatic rings. The Morgan fingerprint density at radius 3 is 2.35 bits per heavy atom. The van der Waals surface area contributed by atoms with Gasteiger partial charge in [-0.25, -0.2) is 4.79 Å². The Morgan fingerprint density at radius 1 is 1.15 bits per heavy atom. The number of carbonyl (C=O) groups excluding carboxylic acids is 1. The van der Waals surface area contributed by atoms with E-state index in [0.717, 1.165) is 11.3 Å². The molecule has 0 aliphatic carbocycles. The highest BCUT2D eigenvalue weighted by Gasteiger charge is 2.34. The molecule has 2 rings (SSSR count). The fraction of sp³-hybridized carbons (Fsp3) is 0.316. The maximum atomic E-state index is 12.0. The number of benzene rings is 2. The summed E-state index contributed by atoms with van der Waals surface area (Å²) in [6.45, 7) is 1.73. The van der Waals surface area contributed by atoms with E-state index in [2.05, 4.69) is 5.32 Å². The second kappa shape index (κ2) is 9.41. The van der Waals surface area contributed by atoms with Crippen LogP contribution in [-0.2, 0) is 9.53 Å². The van der Waals surface area contributed by atoms with Gasteiger partial charge in [-0.2, -0.15) is 0 Å². The normalized spacial score (nSPS) is 12.7. The largest absolute Gasteiger partial charge is 0.497 e. The molecule has 0 aromatic heterocycles. The van der Waals surface area contributed by atoms with Crippen LogP contribution in [0.25, 0.3) is 0 Å². The third kappa shape index (κ3) is 5.20. The first-order valence-corrected chi connectivity index (χ1v) is 8.30. The highest BCUT2D eigenvalue weighted by atomic mass is 16.6. The number of anilines is 1. The number of nitrogens with zero attached hydrogens (tertiary/aromatic N) is 1. The second-order valence-corrected chi connectivity index (χ2v) is 5.63. The Morgan fingerprint density at radius 2 is 1.81 bits per heavy atom. The fourth-order valence-corrected chi connectivity index (χ4v) is 2.58. The summed E-state index contributed by atoms with van der Waals surface area (Å²) in [5.74, 6) is -0.114. The number of hydrogen-bond donors (Lipinski definition) is 1. The summed E-state index contributed by atoms with van der Waals surface area (Å²) in [5.41, 5.74) is 1.62. The van der Waals surface area contributed by atoms with Gasteiger partial charge in [0.25, 0.3) is 0 Å². The zero-order valence-electron chi connectivity index (χ0n) is 14.8. The standard InChI is InChI=1S/C19H22N2O5/c1-3-26-19(22)18(21(23)24)13-17(14-7-5-4-6-8-14)20-15-9-11-16(25-2)12-10-15/h4-12,17-18,20H,3,13H2,1-2H3. The van der Waals surface area contributed by atoms with Crippen LogP contribution in [0.4, 0.5) is 5.69 Å². The monoisotopic (exact) mass is 358 g/mol. The molecule has 1 N–H and O–H groups in total. The second-order valence-electron chi connectivity index (χ2n) is 5.63. The van der Waals surface area contributed by atoms with Crippen LogP contribution in [0.2, 0.25) is 0 Å². The molecule has 2 atom stereocenters. The predicted octanol–water partition coefficient (Wildman–Crippen LogP) is 3.45. The molecule has 138 valence electrons. The minimum atomic E-state index is -1.44. The van der Waals surface area contributed by atoms with Gasteiger partial charge in [-0.15, -0.1) is 0 Å². The van der Waals surface area contributed by atoms with Gasteiger partial charge in [-0.3, -0.25) is 10.1 Å². The van der Waals surface area contributed by atoms with Gasteiger partial charge in [0.15, 0.2) is 0 Å². The molecule has 0 heterocycles. The molecular formula is C19H22N2O5. The smallest absolute Gasteiger partial charge is 0.381 e. The van der Waals surface area contributed by atoms with Gasteiger partial charge < -0.3 is 14.8 Å². The van der Waals surface area contributed by atoms with Crippen LogP contribution in [0.1, 0.15) is 24.9 Å². The summed E-state index contributed by atoms with van der Waals surface area (Å²) >= 11 is 0. The third-order valence-electron chi connectivity index (χ3n) is 3.90. The van der Waals surface area contributed by atoms with Crippen LogP contribution < -0.4 is 10.1 Å². The average Bonchev–Trinajstić information content (AvgIpc) is 2.66. The topological polar surface area (TPSA) is 90.7 Å². The zero-order valence-corrected chi connectivity index (χ0v) is 14.8. The highest BCUT2D eigenvalue weighted by molar-refractivity contribution is 5.74. The maximum Gasteiger partial charge on any atom is 0.381 e. The van der Waals surface area contributed by atoms with E-state index in [1.807, 2.05) is 42.5 Å². The molecule has 0 spiro atoms. The Hall–Kier alpha value is -3.09. The molecule has 2 aromatic rings. The minimum Gasteiger partial charge on any atom is -0.497 e. The van der Waals surface area contributed by atoms with E-state index in [9.17, 15) is 14.9 Å². The van der Waals surface area contributed by atoms with Crippen molar-refractivity contribution in [1.29, 1.82) is 0 Å². The van der Waals surface area contributed by atoms with Crippen LogP contribution >= 0.6 is 0 Å². The van der Waals surface area contributed by atoms with Crippen molar-refractivity contribution < 1.29 is 19.2 Å². The number of hydrogen-bond acceptors (Lipinski definition) is 6. The van der Waals surface area contributed by atoms with Crippen LogP contribution in [0.3, 0.4) is 0 Å². The average molecular weight is 358 g/mol. The molecule has 7 heteroatoms. The van der Waals surface area contributed by atoms with Crippen molar-refractivity contribution in [2.45, 2.75) is 25.4 Å². The minimum absolute atomic E-state index is 0.0259. The van der Waals surface area contributed by atoms with Gasteiger partial charge in [-0.05, 0) is 36.8 Å². The summed E-state index contributed by atoms with van der Waals surface area (Å²) in [5, 5.41) is 14.6. The van der Waals surface area contributed by atoms with Crippen molar-refractivity contribution in [2.24, 2.45) is 0 Å². The number of esters is 1. The number of nitrogens with one attached hydrogen (secondary N) is 1. The molecule has 7 nitrogen and oxygen atoms in total. The van der Waals surface area contributed by atoms with Crippen molar-refractivity contribution in [1.82, 2.24) is 0 Å². The van der Waals surface area contributed by atoms with E-state index >= 15 is 0 Å². The summed E-state index contributed by atoms with van der Waals surface area (Å²) in [6.07, 6.45) is -0.0259. The Kier molecular flexibility index (Phi) is 6.96. The van der Waals surface area contributed by atoms with E-state index in [4.69, 9.17) is 9.47 Å². The summed E-state index contributed by atoms with van der Waals surface area (Å²) < 4.78 is 9.99. The lowest BCUT2D eigenvalue weighted by atomic mass is 9.99. The summed E-state index contributed by atoms with van der Waals surface area (Å²) in [4.78, 5) is 22.8. The summed E-state index contributed by atoms with van der Waals surface area (Å²) in [7, 11) is 1.58. The van der Waals surface area contributed by atoms with E-state index < -0.39 is 23.0 Å². The van der Waals surface area contributed by atoms with E-state index in [0.29, 0.717) is 5.75 Å². The number of ether oxygens (including phenoxy) is 2. The molecule has 0 saturated heterocycles. The number of methoxy groups -OCH3 is 1. The van der Waals surface area contributed by atoms with Gasteiger partial charge in [0.2, 0.25) is 0 Å².